The van der Waals surface area contributed by atoms with E-state index in [1.165, 1.54) is 37.2 Å². The summed E-state index contributed by atoms with van der Waals surface area (Å²) in [4.78, 5) is 2.45. The number of nitrogens with two attached hydrogens (primary N) is 1. The molecule has 0 amide bonds. The molecular formula is C13H24N4OS. The van der Waals surface area contributed by atoms with Gasteiger partial charge in [0.1, 0.15) is 0 Å². The number of anilines is 2. The smallest absolute Gasteiger partial charge is 0.197 e. The number of likely N-dealkylation sites (N-methyl/N-ethyl adjacent to an activating group) is 1. The lowest BCUT2D eigenvalue weighted by Gasteiger charge is -2.24. The zero-order valence-electron chi connectivity index (χ0n) is 11.8. The Balaban J connectivity index is 1.78. The maximum absolute atomic E-state index is 5.78. The Kier molecular flexibility index (Phi) is 5.27. The molecule has 19 heavy (non-hydrogen) atoms. The van der Waals surface area contributed by atoms with Gasteiger partial charge in [0, 0.05) is 19.1 Å². The van der Waals surface area contributed by atoms with E-state index in [4.69, 9.17) is 10.5 Å². The van der Waals surface area contributed by atoms with E-state index in [9.17, 15) is 0 Å². The maximum Gasteiger partial charge on any atom is 0.197 e. The SMILES string of the molecule is CCOc1c(N)nsc1NCCN(C)C1CCCC1. The fraction of sp³-hybridized carbons (Fsp3) is 0.769. The van der Waals surface area contributed by atoms with Crippen LogP contribution < -0.4 is 15.8 Å². The number of nitrogen functional groups attached to an aromatic ring is 1. The van der Waals surface area contributed by atoms with Crippen molar-refractivity contribution < 1.29 is 4.74 Å². The quantitative estimate of drug-likeness (QED) is 0.805. The summed E-state index contributed by atoms with van der Waals surface area (Å²) in [7, 11) is 2.21. The number of hydrogen-bond donors (Lipinski definition) is 2. The van der Waals surface area contributed by atoms with Crippen LogP contribution in [0.4, 0.5) is 10.8 Å². The summed E-state index contributed by atoms with van der Waals surface area (Å²) in [5, 5.41) is 4.33. The molecule has 3 N–H and O–H groups in total. The second-order valence-electron chi connectivity index (χ2n) is 5.00. The molecular weight excluding hydrogens is 260 g/mol. The lowest BCUT2D eigenvalue weighted by atomic mass is 10.2. The van der Waals surface area contributed by atoms with Gasteiger partial charge in [0.25, 0.3) is 0 Å². The summed E-state index contributed by atoms with van der Waals surface area (Å²) < 4.78 is 9.64. The van der Waals surface area contributed by atoms with Crippen molar-refractivity contribution in [1.29, 1.82) is 0 Å². The van der Waals surface area contributed by atoms with Crippen LogP contribution in [-0.4, -0.2) is 42.1 Å². The van der Waals surface area contributed by atoms with Crippen molar-refractivity contribution in [3.8, 4) is 5.75 Å². The highest BCUT2D eigenvalue weighted by atomic mass is 32.1. The standard InChI is InChI=1S/C13H24N4OS/c1-3-18-11-12(14)16-19-13(11)15-8-9-17(2)10-6-4-5-7-10/h10,15H,3-9H2,1-2H3,(H2,14,16). The van der Waals surface area contributed by atoms with E-state index < -0.39 is 0 Å². The second kappa shape index (κ2) is 6.96. The van der Waals surface area contributed by atoms with Gasteiger partial charge in [-0.2, -0.15) is 4.37 Å². The summed E-state index contributed by atoms with van der Waals surface area (Å²) >= 11 is 1.37. The Morgan fingerprint density at radius 3 is 2.89 bits per heavy atom. The monoisotopic (exact) mass is 284 g/mol. The van der Waals surface area contributed by atoms with Gasteiger partial charge in [0.2, 0.25) is 0 Å². The van der Waals surface area contributed by atoms with Gasteiger partial charge < -0.3 is 20.7 Å². The molecule has 6 heteroatoms. The summed E-state index contributed by atoms with van der Waals surface area (Å²) in [5.41, 5.74) is 5.78. The van der Waals surface area contributed by atoms with E-state index in [-0.39, 0.29) is 0 Å². The number of aromatic nitrogens is 1. The van der Waals surface area contributed by atoms with E-state index in [1.54, 1.807) is 0 Å². The third-order valence-corrected chi connectivity index (χ3v) is 4.46. The van der Waals surface area contributed by atoms with Crippen LogP contribution in [0.5, 0.6) is 5.75 Å². The first-order chi connectivity index (χ1) is 9.22. The molecule has 0 saturated heterocycles. The Morgan fingerprint density at radius 2 is 2.21 bits per heavy atom. The second-order valence-corrected chi connectivity index (χ2v) is 5.78. The zero-order valence-corrected chi connectivity index (χ0v) is 12.6. The Labute approximate surface area is 119 Å². The minimum atomic E-state index is 0.485. The van der Waals surface area contributed by atoms with Gasteiger partial charge >= 0.3 is 0 Å². The first-order valence-electron chi connectivity index (χ1n) is 7.04. The van der Waals surface area contributed by atoms with E-state index in [0.29, 0.717) is 18.2 Å². The Hall–Kier alpha value is -1.01. The first kappa shape index (κ1) is 14.4. The van der Waals surface area contributed by atoms with Gasteiger partial charge in [-0.05, 0) is 38.3 Å². The van der Waals surface area contributed by atoms with Crippen molar-refractivity contribution in [3.63, 3.8) is 0 Å². The Bertz CT molecular complexity index is 390. The molecule has 0 unspecified atom stereocenters. The van der Waals surface area contributed by atoms with E-state index in [1.807, 2.05) is 6.92 Å². The maximum atomic E-state index is 5.78. The van der Waals surface area contributed by atoms with Gasteiger partial charge in [-0.1, -0.05) is 12.8 Å². The van der Waals surface area contributed by atoms with Crippen LogP contribution >= 0.6 is 11.5 Å². The molecule has 1 aromatic rings. The highest BCUT2D eigenvalue weighted by Gasteiger charge is 2.19. The summed E-state index contributed by atoms with van der Waals surface area (Å²) in [6, 6.07) is 0.764. The fourth-order valence-electron chi connectivity index (χ4n) is 2.56. The summed E-state index contributed by atoms with van der Waals surface area (Å²) in [5.74, 6) is 1.19. The molecule has 1 heterocycles. The van der Waals surface area contributed by atoms with Gasteiger partial charge in [-0.3, -0.25) is 0 Å². The topological polar surface area (TPSA) is 63.4 Å². The highest BCUT2D eigenvalue weighted by molar-refractivity contribution is 7.11. The molecule has 1 aliphatic rings. The molecule has 108 valence electrons. The van der Waals surface area contributed by atoms with Crippen LogP contribution in [0.1, 0.15) is 32.6 Å². The van der Waals surface area contributed by atoms with Crippen LogP contribution in [-0.2, 0) is 0 Å². The fourth-order valence-corrected chi connectivity index (χ4v) is 3.25. The van der Waals surface area contributed by atoms with Gasteiger partial charge in [-0.25, -0.2) is 0 Å². The molecule has 0 radical (unpaired) electrons. The van der Waals surface area contributed by atoms with Crippen molar-refractivity contribution in [1.82, 2.24) is 9.27 Å². The molecule has 0 spiro atoms. The van der Waals surface area contributed by atoms with E-state index >= 15 is 0 Å². The lowest BCUT2D eigenvalue weighted by Crippen LogP contribution is -2.33. The Morgan fingerprint density at radius 1 is 1.47 bits per heavy atom. The van der Waals surface area contributed by atoms with Gasteiger partial charge in [0.15, 0.2) is 16.6 Å². The number of nitrogens with zero attached hydrogens (tertiary/aromatic N) is 2. The van der Waals surface area contributed by atoms with Crippen molar-refractivity contribution in [2.75, 3.05) is 37.8 Å². The zero-order chi connectivity index (χ0) is 13.7. The summed E-state index contributed by atoms with van der Waals surface area (Å²) in [6.45, 7) is 4.50. The molecule has 2 rings (SSSR count). The highest BCUT2D eigenvalue weighted by Crippen LogP contribution is 2.34. The lowest BCUT2D eigenvalue weighted by molar-refractivity contribution is 0.254. The van der Waals surface area contributed by atoms with Crippen LogP contribution in [0.3, 0.4) is 0 Å². The number of ether oxygens (including phenoxy) is 1. The molecule has 0 aliphatic heterocycles. The number of rotatable bonds is 7. The first-order valence-corrected chi connectivity index (χ1v) is 7.81. The molecule has 1 saturated carbocycles. The predicted octanol–water partition coefficient (Wildman–Crippen LogP) is 2.41. The van der Waals surface area contributed by atoms with Crippen LogP contribution in [0, 0.1) is 0 Å². The number of hydrogen-bond acceptors (Lipinski definition) is 6. The third-order valence-electron chi connectivity index (χ3n) is 3.66. The summed E-state index contributed by atoms with van der Waals surface area (Å²) in [6.07, 6.45) is 5.44. The minimum absolute atomic E-state index is 0.485. The largest absolute Gasteiger partial charge is 0.487 e. The molecule has 0 bridgehead atoms. The predicted molar refractivity (Wildman–Crippen MR) is 81.1 cm³/mol. The molecule has 0 atom stereocenters. The molecule has 1 fully saturated rings. The molecule has 1 aromatic heterocycles. The van der Waals surface area contributed by atoms with E-state index in [2.05, 4.69) is 21.6 Å². The molecule has 1 aliphatic carbocycles. The average Bonchev–Trinajstić information content (AvgIpc) is 3.03. The van der Waals surface area contributed by atoms with Crippen LogP contribution in [0.2, 0.25) is 0 Å². The van der Waals surface area contributed by atoms with Crippen LogP contribution in [0.25, 0.3) is 0 Å². The van der Waals surface area contributed by atoms with Crippen LogP contribution in [0.15, 0.2) is 0 Å². The van der Waals surface area contributed by atoms with Crippen molar-refractivity contribution >= 4 is 22.4 Å². The third kappa shape index (κ3) is 3.73. The van der Waals surface area contributed by atoms with Gasteiger partial charge in [-0.15, -0.1) is 0 Å². The normalized spacial score (nSPS) is 16.2. The molecule has 5 nitrogen and oxygen atoms in total. The number of nitrogens with one attached hydrogen (secondary N) is 1. The van der Waals surface area contributed by atoms with Crippen molar-refractivity contribution in [3.05, 3.63) is 0 Å². The minimum Gasteiger partial charge on any atom is -0.487 e. The van der Waals surface area contributed by atoms with Crippen molar-refractivity contribution in [2.24, 2.45) is 0 Å². The van der Waals surface area contributed by atoms with Gasteiger partial charge in [0.05, 0.1) is 6.61 Å². The average molecular weight is 284 g/mol. The van der Waals surface area contributed by atoms with Crippen molar-refractivity contribution in [2.45, 2.75) is 38.6 Å². The molecule has 0 aromatic carbocycles. The van der Waals surface area contributed by atoms with E-state index in [0.717, 1.165) is 24.1 Å².